The smallest absolute Gasteiger partial charge is 0.293 e. The Morgan fingerprint density at radius 2 is 1.86 bits per heavy atom. The van der Waals surface area contributed by atoms with Crippen LogP contribution in [0, 0.1) is 0 Å². The van der Waals surface area contributed by atoms with Crippen molar-refractivity contribution in [1.82, 2.24) is 0 Å². The first-order chi connectivity index (χ1) is 9.97. The monoisotopic (exact) mass is 285 g/mol. The lowest BCUT2D eigenvalue weighted by molar-refractivity contribution is -0.705. The third-order valence-corrected chi connectivity index (χ3v) is 3.19. The van der Waals surface area contributed by atoms with Gasteiger partial charge in [-0.3, -0.25) is 9.59 Å². The molecule has 0 bridgehead atoms. The highest BCUT2D eigenvalue weighted by atomic mass is 16.3. The number of nitrogens with one attached hydrogen (secondary N) is 1. The Kier molecular flexibility index (Phi) is 4.33. The summed E-state index contributed by atoms with van der Waals surface area (Å²) in [4.78, 5) is 23.4. The number of hydrogen-bond acceptors (Lipinski definition) is 3. The van der Waals surface area contributed by atoms with Crippen LogP contribution < -0.4 is 9.88 Å². The molecule has 1 heterocycles. The van der Waals surface area contributed by atoms with Gasteiger partial charge in [-0.2, -0.15) is 4.57 Å². The number of carbonyl (C=O) groups is 2. The van der Waals surface area contributed by atoms with Crippen molar-refractivity contribution in [2.24, 2.45) is 0 Å². The molecule has 0 aliphatic heterocycles. The Morgan fingerprint density at radius 3 is 2.43 bits per heavy atom. The average molecular weight is 285 g/mol. The maximum atomic E-state index is 12.2. The highest BCUT2D eigenvalue weighted by Crippen LogP contribution is 2.12. The Balaban J connectivity index is 2.08. The molecule has 2 aromatic rings. The van der Waals surface area contributed by atoms with E-state index < -0.39 is 6.04 Å². The summed E-state index contributed by atoms with van der Waals surface area (Å²) in [6.45, 7) is 3.23. The van der Waals surface area contributed by atoms with Crippen molar-refractivity contribution in [3.63, 3.8) is 0 Å². The van der Waals surface area contributed by atoms with E-state index in [0.717, 1.165) is 0 Å². The van der Waals surface area contributed by atoms with E-state index >= 15 is 0 Å². The first kappa shape index (κ1) is 14.7. The average Bonchev–Trinajstić information content (AvgIpc) is 2.47. The molecule has 2 N–H and O–H groups in total. The van der Waals surface area contributed by atoms with Crippen molar-refractivity contribution in [1.29, 1.82) is 0 Å². The van der Waals surface area contributed by atoms with Crippen molar-refractivity contribution in [2.45, 2.75) is 19.9 Å². The van der Waals surface area contributed by atoms with Crippen molar-refractivity contribution in [2.75, 3.05) is 5.32 Å². The van der Waals surface area contributed by atoms with Crippen molar-refractivity contribution < 1.29 is 19.3 Å². The molecule has 0 spiro atoms. The summed E-state index contributed by atoms with van der Waals surface area (Å²) >= 11 is 0. The van der Waals surface area contributed by atoms with E-state index in [0.29, 0.717) is 11.3 Å². The number of rotatable bonds is 4. The van der Waals surface area contributed by atoms with Crippen LogP contribution >= 0.6 is 0 Å². The Bertz CT molecular complexity index is 665. The standard InChI is InChI=1S/C16H16N2O3/c1-11(18-9-3-4-15(20)10-18)16(21)17-14-7-5-13(6-8-14)12(2)19/h3-11H,1-2H3,(H-,17,19,20,21)/p+1/t11-/m0/s1. The second-order valence-corrected chi connectivity index (χ2v) is 4.81. The molecule has 0 aliphatic rings. The van der Waals surface area contributed by atoms with Crippen LogP contribution in [-0.2, 0) is 4.79 Å². The van der Waals surface area contributed by atoms with Crippen molar-refractivity contribution in [3.05, 3.63) is 54.4 Å². The molecule has 2 rings (SSSR count). The van der Waals surface area contributed by atoms with Crippen LogP contribution in [0.25, 0.3) is 0 Å². The molecule has 1 aromatic heterocycles. The van der Waals surface area contributed by atoms with Crippen LogP contribution in [0.3, 0.4) is 0 Å². The van der Waals surface area contributed by atoms with Crippen molar-refractivity contribution in [3.8, 4) is 5.75 Å². The number of pyridine rings is 1. The summed E-state index contributed by atoms with van der Waals surface area (Å²) in [5, 5.41) is 12.2. The predicted molar refractivity (Wildman–Crippen MR) is 78.1 cm³/mol. The van der Waals surface area contributed by atoms with Crippen LogP contribution in [0.1, 0.15) is 30.2 Å². The fourth-order valence-electron chi connectivity index (χ4n) is 1.89. The maximum Gasteiger partial charge on any atom is 0.293 e. The van der Waals surface area contributed by atoms with Gasteiger partial charge >= 0.3 is 0 Å². The minimum atomic E-state index is -0.468. The second kappa shape index (κ2) is 6.17. The molecule has 1 atom stereocenters. The summed E-state index contributed by atoms with van der Waals surface area (Å²) in [6.07, 6.45) is 3.20. The van der Waals surface area contributed by atoms with Gasteiger partial charge in [-0.15, -0.1) is 0 Å². The number of hydrogen-bond donors (Lipinski definition) is 2. The Labute approximate surface area is 122 Å². The largest absolute Gasteiger partial charge is 0.503 e. The molecule has 108 valence electrons. The molecule has 0 radical (unpaired) electrons. The number of amides is 1. The fraction of sp³-hybridized carbons (Fsp3) is 0.188. The molecule has 0 saturated carbocycles. The first-order valence-electron chi connectivity index (χ1n) is 6.59. The molecule has 5 nitrogen and oxygen atoms in total. The Morgan fingerprint density at radius 1 is 1.19 bits per heavy atom. The van der Waals surface area contributed by atoms with E-state index in [9.17, 15) is 14.7 Å². The van der Waals surface area contributed by atoms with Gasteiger partial charge in [0.15, 0.2) is 17.7 Å². The van der Waals surface area contributed by atoms with Gasteiger partial charge in [0.1, 0.15) is 0 Å². The van der Waals surface area contributed by atoms with E-state index in [2.05, 4.69) is 5.32 Å². The number of carbonyl (C=O) groups excluding carboxylic acids is 2. The minimum absolute atomic E-state index is 0.0171. The molecule has 0 unspecified atom stereocenters. The third-order valence-electron chi connectivity index (χ3n) is 3.19. The van der Waals surface area contributed by atoms with Gasteiger partial charge in [-0.25, -0.2) is 0 Å². The molecule has 0 saturated heterocycles. The number of Topliss-reactive ketones (excluding diaryl/α,β-unsaturated/α-hetero) is 1. The number of aromatic nitrogens is 1. The first-order valence-corrected chi connectivity index (χ1v) is 6.59. The minimum Gasteiger partial charge on any atom is -0.503 e. The molecule has 1 aromatic carbocycles. The van der Waals surface area contributed by atoms with Gasteiger partial charge in [0, 0.05) is 24.2 Å². The van der Waals surface area contributed by atoms with Crippen LogP contribution in [0.5, 0.6) is 5.75 Å². The van der Waals surface area contributed by atoms with Gasteiger partial charge in [0.25, 0.3) is 5.91 Å². The van der Waals surface area contributed by atoms with E-state index in [4.69, 9.17) is 0 Å². The van der Waals surface area contributed by atoms with Gasteiger partial charge < -0.3 is 10.4 Å². The molecular formula is C16H17N2O3+. The topological polar surface area (TPSA) is 70.3 Å². The van der Waals surface area contributed by atoms with Gasteiger partial charge in [-0.05, 0) is 37.3 Å². The Hall–Kier alpha value is -2.69. The lowest BCUT2D eigenvalue weighted by Crippen LogP contribution is -2.43. The predicted octanol–water partition coefficient (Wildman–Crippen LogP) is 2.08. The number of nitrogens with zero attached hydrogens (tertiary/aromatic N) is 1. The van der Waals surface area contributed by atoms with Gasteiger partial charge in [0.05, 0.1) is 0 Å². The van der Waals surface area contributed by atoms with Crippen LogP contribution in [0.2, 0.25) is 0 Å². The zero-order valence-corrected chi connectivity index (χ0v) is 11.9. The number of anilines is 1. The zero-order valence-electron chi connectivity index (χ0n) is 11.9. The van der Waals surface area contributed by atoms with E-state index in [1.807, 2.05) is 0 Å². The lowest BCUT2D eigenvalue weighted by Gasteiger charge is -2.09. The molecular weight excluding hydrogens is 268 g/mol. The number of benzene rings is 1. The normalized spacial score (nSPS) is 11.7. The molecule has 21 heavy (non-hydrogen) atoms. The molecule has 1 amide bonds. The highest BCUT2D eigenvalue weighted by Gasteiger charge is 2.22. The molecule has 0 fully saturated rings. The fourth-order valence-corrected chi connectivity index (χ4v) is 1.89. The molecule has 0 aliphatic carbocycles. The van der Waals surface area contributed by atoms with Crippen LogP contribution in [-0.4, -0.2) is 16.8 Å². The SMILES string of the molecule is CC(=O)c1ccc(NC(=O)[C@H](C)[n+]2cccc(O)c2)cc1. The number of ketones is 1. The summed E-state index contributed by atoms with van der Waals surface area (Å²) in [7, 11) is 0. The van der Waals surface area contributed by atoms with E-state index in [1.165, 1.54) is 13.1 Å². The maximum absolute atomic E-state index is 12.2. The second-order valence-electron chi connectivity index (χ2n) is 4.81. The third kappa shape index (κ3) is 3.66. The number of aromatic hydroxyl groups is 1. The summed E-state index contributed by atoms with van der Waals surface area (Å²) in [5.41, 5.74) is 1.22. The zero-order chi connectivity index (χ0) is 15.4. The van der Waals surface area contributed by atoms with Crippen LogP contribution in [0.4, 0.5) is 5.69 Å². The highest BCUT2D eigenvalue weighted by molar-refractivity contribution is 5.96. The summed E-state index contributed by atoms with van der Waals surface area (Å²) < 4.78 is 1.62. The van der Waals surface area contributed by atoms with Gasteiger partial charge in [0.2, 0.25) is 12.2 Å². The van der Waals surface area contributed by atoms with E-state index in [-0.39, 0.29) is 17.4 Å². The van der Waals surface area contributed by atoms with Gasteiger partial charge in [-0.1, -0.05) is 0 Å². The van der Waals surface area contributed by atoms with E-state index in [1.54, 1.807) is 54.1 Å². The quantitative estimate of drug-likeness (QED) is 0.667. The van der Waals surface area contributed by atoms with Crippen molar-refractivity contribution >= 4 is 17.4 Å². The summed E-state index contributed by atoms with van der Waals surface area (Å²) in [6, 6.07) is 9.46. The van der Waals surface area contributed by atoms with Crippen LogP contribution in [0.15, 0.2) is 48.8 Å². The summed E-state index contributed by atoms with van der Waals surface area (Å²) in [5.74, 6) is -0.124. The molecule has 5 heteroatoms. The lowest BCUT2D eigenvalue weighted by atomic mass is 10.1.